The van der Waals surface area contributed by atoms with E-state index < -0.39 is 0 Å². The van der Waals surface area contributed by atoms with Gasteiger partial charge in [-0.15, -0.1) is 0 Å². The van der Waals surface area contributed by atoms with Crippen LogP contribution >= 0.6 is 0 Å². The maximum atomic E-state index is 10.7. The molecule has 76 valence electrons. The predicted octanol–water partition coefficient (Wildman–Crippen LogP) is 1.16. The molecule has 0 aliphatic rings. The summed E-state index contributed by atoms with van der Waals surface area (Å²) >= 11 is 0. The lowest BCUT2D eigenvalue weighted by Crippen LogP contribution is -1.92. The SMILES string of the molecule is COc1cc2ncnc(C=O)c2cc1O. The fraction of sp³-hybridized carbons (Fsp3) is 0.100. The van der Waals surface area contributed by atoms with E-state index >= 15 is 0 Å². The number of aldehydes is 1. The molecule has 0 spiro atoms. The second-order valence-electron chi connectivity index (χ2n) is 2.92. The largest absolute Gasteiger partial charge is 0.504 e. The Balaban J connectivity index is 2.80. The maximum absolute atomic E-state index is 10.7. The topological polar surface area (TPSA) is 72.3 Å². The minimum Gasteiger partial charge on any atom is -0.504 e. The predicted molar refractivity (Wildman–Crippen MR) is 53.1 cm³/mol. The Morgan fingerprint density at radius 3 is 2.87 bits per heavy atom. The summed E-state index contributed by atoms with van der Waals surface area (Å²) in [6.45, 7) is 0. The Labute approximate surface area is 85.4 Å². The van der Waals surface area contributed by atoms with Crippen molar-refractivity contribution in [2.75, 3.05) is 7.11 Å². The van der Waals surface area contributed by atoms with E-state index in [2.05, 4.69) is 9.97 Å². The van der Waals surface area contributed by atoms with Crippen LogP contribution in [0.25, 0.3) is 10.9 Å². The van der Waals surface area contributed by atoms with Crippen molar-refractivity contribution in [2.24, 2.45) is 0 Å². The first-order valence-corrected chi connectivity index (χ1v) is 4.23. The monoisotopic (exact) mass is 204 g/mol. The highest BCUT2D eigenvalue weighted by Gasteiger charge is 2.08. The van der Waals surface area contributed by atoms with E-state index in [1.807, 2.05) is 0 Å². The zero-order valence-electron chi connectivity index (χ0n) is 7.97. The summed E-state index contributed by atoms with van der Waals surface area (Å²) in [6, 6.07) is 2.97. The minimum absolute atomic E-state index is 0.0390. The summed E-state index contributed by atoms with van der Waals surface area (Å²) in [5, 5.41) is 10.0. The van der Waals surface area contributed by atoms with Gasteiger partial charge in [-0.1, -0.05) is 0 Å². The number of phenols is 1. The van der Waals surface area contributed by atoms with Crippen LogP contribution in [0.3, 0.4) is 0 Å². The summed E-state index contributed by atoms with van der Waals surface area (Å²) in [5.41, 5.74) is 0.805. The number of aromatic nitrogens is 2. The molecule has 1 aromatic carbocycles. The van der Waals surface area contributed by atoms with E-state index in [0.29, 0.717) is 22.9 Å². The van der Waals surface area contributed by atoms with Gasteiger partial charge in [0, 0.05) is 11.5 Å². The van der Waals surface area contributed by atoms with Crippen molar-refractivity contribution < 1.29 is 14.6 Å². The number of rotatable bonds is 2. The first-order valence-electron chi connectivity index (χ1n) is 4.23. The number of methoxy groups -OCH3 is 1. The molecule has 0 aliphatic heterocycles. The van der Waals surface area contributed by atoms with Gasteiger partial charge in [-0.2, -0.15) is 0 Å². The molecule has 1 aromatic heterocycles. The lowest BCUT2D eigenvalue weighted by molar-refractivity contribution is 0.112. The van der Waals surface area contributed by atoms with Crippen molar-refractivity contribution in [1.82, 2.24) is 9.97 Å². The molecule has 0 fully saturated rings. The molecular weight excluding hydrogens is 196 g/mol. The Morgan fingerprint density at radius 2 is 2.20 bits per heavy atom. The average molecular weight is 204 g/mol. The molecule has 0 saturated heterocycles. The number of phenolic OH excluding ortho intramolecular Hbond substituents is 1. The maximum Gasteiger partial charge on any atom is 0.169 e. The summed E-state index contributed by atoms with van der Waals surface area (Å²) in [6.07, 6.45) is 1.92. The summed E-state index contributed by atoms with van der Waals surface area (Å²) in [7, 11) is 1.45. The number of ether oxygens (including phenoxy) is 1. The van der Waals surface area contributed by atoms with Gasteiger partial charge in [-0.3, -0.25) is 4.79 Å². The second-order valence-corrected chi connectivity index (χ2v) is 2.92. The van der Waals surface area contributed by atoms with E-state index in [9.17, 15) is 9.90 Å². The van der Waals surface area contributed by atoms with Crippen molar-refractivity contribution in [3.63, 3.8) is 0 Å². The Hall–Kier alpha value is -2.17. The summed E-state index contributed by atoms with van der Waals surface area (Å²) in [4.78, 5) is 18.5. The van der Waals surface area contributed by atoms with Gasteiger partial charge in [0.25, 0.3) is 0 Å². The van der Waals surface area contributed by atoms with Crippen LogP contribution in [0.4, 0.5) is 0 Å². The standard InChI is InChI=1S/C10H8N2O3/c1-15-10-3-7-6(2-9(10)14)8(4-13)12-5-11-7/h2-5,14H,1H3. The van der Waals surface area contributed by atoms with Gasteiger partial charge in [0.1, 0.15) is 12.0 Å². The van der Waals surface area contributed by atoms with E-state index in [-0.39, 0.29) is 11.4 Å². The number of carbonyl (C=O) groups excluding carboxylic acids is 1. The molecule has 0 atom stereocenters. The van der Waals surface area contributed by atoms with E-state index in [0.717, 1.165) is 0 Å². The van der Waals surface area contributed by atoms with Crippen molar-refractivity contribution in [2.45, 2.75) is 0 Å². The van der Waals surface area contributed by atoms with Gasteiger partial charge in [0.15, 0.2) is 17.8 Å². The van der Waals surface area contributed by atoms with Crippen LogP contribution in [0.5, 0.6) is 11.5 Å². The molecule has 1 N–H and O–H groups in total. The zero-order valence-corrected chi connectivity index (χ0v) is 7.97. The quantitative estimate of drug-likeness (QED) is 0.743. The molecule has 15 heavy (non-hydrogen) atoms. The zero-order chi connectivity index (χ0) is 10.8. The van der Waals surface area contributed by atoms with Gasteiger partial charge in [-0.25, -0.2) is 9.97 Å². The Kier molecular flexibility index (Phi) is 2.21. The fourth-order valence-corrected chi connectivity index (χ4v) is 1.35. The van der Waals surface area contributed by atoms with Crippen molar-refractivity contribution in [3.8, 4) is 11.5 Å². The molecule has 0 radical (unpaired) electrons. The van der Waals surface area contributed by atoms with Crippen molar-refractivity contribution >= 4 is 17.2 Å². The normalized spacial score (nSPS) is 10.2. The number of hydrogen-bond acceptors (Lipinski definition) is 5. The third kappa shape index (κ3) is 1.48. The molecule has 5 nitrogen and oxygen atoms in total. The summed E-state index contributed by atoms with van der Waals surface area (Å²) in [5.74, 6) is 0.279. The number of aromatic hydroxyl groups is 1. The van der Waals surface area contributed by atoms with Crippen LogP contribution in [0.1, 0.15) is 10.5 Å². The number of hydrogen-bond donors (Lipinski definition) is 1. The van der Waals surface area contributed by atoms with Gasteiger partial charge in [0.05, 0.1) is 12.6 Å². The first kappa shape index (κ1) is 9.39. The van der Waals surface area contributed by atoms with Gasteiger partial charge in [0.2, 0.25) is 0 Å². The summed E-state index contributed by atoms with van der Waals surface area (Å²) < 4.78 is 4.93. The lowest BCUT2D eigenvalue weighted by atomic mass is 10.2. The van der Waals surface area contributed by atoms with Gasteiger partial charge < -0.3 is 9.84 Å². The van der Waals surface area contributed by atoms with Gasteiger partial charge in [-0.05, 0) is 6.07 Å². The molecule has 5 heteroatoms. The molecule has 0 unspecified atom stereocenters. The molecule has 1 heterocycles. The third-order valence-electron chi connectivity index (χ3n) is 2.08. The molecule has 0 amide bonds. The van der Waals surface area contributed by atoms with Crippen LogP contribution in [-0.2, 0) is 0 Å². The first-order chi connectivity index (χ1) is 7.26. The highest BCUT2D eigenvalue weighted by atomic mass is 16.5. The number of benzene rings is 1. The minimum atomic E-state index is -0.0390. The smallest absolute Gasteiger partial charge is 0.169 e. The Morgan fingerprint density at radius 1 is 1.40 bits per heavy atom. The van der Waals surface area contributed by atoms with Crippen LogP contribution in [0.2, 0.25) is 0 Å². The highest BCUT2D eigenvalue weighted by molar-refractivity contribution is 5.95. The molecule has 0 aliphatic carbocycles. The highest BCUT2D eigenvalue weighted by Crippen LogP contribution is 2.30. The number of carbonyl (C=O) groups is 1. The Bertz CT molecular complexity index is 525. The molecule has 0 bridgehead atoms. The van der Waals surface area contributed by atoms with Crippen LogP contribution < -0.4 is 4.74 Å². The fourth-order valence-electron chi connectivity index (χ4n) is 1.35. The van der Waals surface area contributed by atoms with Crippen LogP contribution in [0, 0.1) is 0 Å². The van der Waals surface area contributed by atoms with Crippen molar-refractivity contribution in [1.29, 1.82) is 0 Å². The molecule has 2 aromatic rings. The molecule has 2 rings (SSSR count). The number of fused-ring (bicyclic) bond motifs is 1. The molecular formula is C10H8N2O3. The second kappa shape index (κ2) is 3.53. The van der Waals surface area contributed by atoms with Crippen LogP contribution in [0.15, 0.2) is 18.5 Å². The van der Waals surface area contributed by atoms with Crippen molar-refractivity contribution in [3.05, 3.63) is 24.2 Å². The van der Waals surface area contributed by atoms with E-state index in [4.69, 9.17) is 4.74 Å². The van der Waals surface area contributed by atoms with E-state index in [1.165, 1.54) is 19.5 Å². The molecule has 0 saturated carbocycles. The number of nitrogens with zero attached hydrogens (tertiary/aromatic N) is 2. The average Bonchev–Trinajstić information content (AvgIpc) is 2.27. The van der Waals surface area contributed by atoms with E-state index in [1.54, 1.807) is 6.07 Å². The van der Waals surface area contributed by atoms with Gasteiger partial charge >= 0.3 is 0 Å². The van der Waals surface area contributed by atoms with Crippen LogP contribution in [-0.4, -0.2) is 28.5 Å². The lowest BCUT2D eigenvalue weighted by Gasteiger charge is -2.05. The third-order valence-corrected chi connectivity index (χ3v) is 2.08.